The van der Waals surface area contributed by atoms with Crippen LogP contribution in [0.25, 0.3) is 0 Å². The summed E-state index contributed by atoms with van der Waals surface area (Å²) in [5, 5.41) is 7.10. The van der Waals surface area contributed by atoms with E-state index in [1.165, 1.54) is 6.08 Å². The molecule has 0 aliphatic heterocycles. The van der Waals surface area contributed by atoms with Crippen LogP contribution in [0.5, 0.6) is 0 Å². The molecular weight excluding hydrogens is 194 g/mol. The number of carbonyl (C=O) groups is 1. The van der Waals surface area contributed by atoms with Crippen molar-refractivity contribution in [1.82, 2.24) is 9.78 Å². The van der Waals surface area contributed by atoms with Crippen LogP contribution in [-0.4, -0.2) is 22.4 Å². The van der Waals surface area contributed by atoms with Crippen molar-refractivity contribution in [2.75, 3.05) is 11.9 Å². The van der Waals surface area contributed by atoms with Crippen LogP contribution < -0.4 is 5.32 Å². The van der Waals surface area contributed by atoms with E-state index in [4.69, 9.17) is 4.74 Å². The molecule has 0 aliphatic rings. The van der Waals surface area contributed by atoms with Crippen molar-refractivity contribution in [3.63, 3.8) is 0 Å². The lowest BCUT2D eigenvalue weighted by Gasteiger charge is -2.02. The highest BCUT2D eigenvalue weighted by Crippen LogP contribution is 2.05. The van der Waals surface area contributed by atoms with Crippen molar-refractivity contribution in [3.8, 4) is 0 Å². The predicted octanol–water partition coefficient (Wildman–Crippen LogP) is 1.30. The van der Waals surface area contributed by atoms with Gasteiger partial charge in [-0.05, 0) is 13.8 Å². The third-order valence-corrected chi connectivity index (χ3v) is 1.66. The van der Waals surface area contributed by atoms with Gasteiger partial charge in [0.05, 0.1) is 6.61 Å². The van der Waals surface area contributed by atoms with Crippen molar-refractivity contribution in [2.24, 2.45) is 7.05 Å². The summed E-state index contributed by atoms with van der Waals surface area (Å²) >= 11 is 0. The number of nitrogens with zero attached hydrogens (tertiary/aromatic N) is 2. The standard InChI is InChI=1S/C10H15N3O2/c1-4-15-10(14)7-8(2)11-9-5-6-13(3)12-9/h5-7H,4H2,1-3H3,(H,11,12). The van der Waals surface area contributed by atoms with E-state index in [0.717, 1.165) is 0 Å². The van der Waals surface area contributed by atoms with Gasteiger partial charge in [0.2, 0.25) is 0 Å². The molecule has 0 aliphatic carbocycles. The maximum atomic E-state index is 11.1. The van der Waals surface area contributed by atoms with Crippen molar-refractivity contribution in [1.29, 1.82) is 0 Å². The van der Waals surface area contributed by atoms with Crippen LogP contribution in [0.4, 0.5) is 5.82 Å². The van der Waals surface area contributed by atoms with Gasteiger partial charge < -0.3 is 10.1 Å². The molecule has 0 saturated heterocycles. The molecule has 0 amide bonds. The lowest BCUT2D eigenvalue weighted by Crippen LogP contribution is -2.04. The zero-order chi connectivity index (χ0) is 11.3. The monoisotopic (exact) mass is 209 g/mol. The van der Waals surface area contributed by atoms with Crippen LogP contribution >= 0.6 is 0 Å². The molecule has 5 nitrogen and oxygen atoms in total. The topological polar surface area (TPSA) is 56.1 Å². The van der Waals surface area contributed by atoms with Gasteiger partial charge in [-0.15, -0.1) is 0 Å². The Bertz CT molecular complexity index is 368. The zero-order valence-electron chi connectivity index (χ0n) is 9.15. The number of hydrogen-bond acceptors (Lipinski definition) is 4. The third kappa shape index (κ3) is 3.84. The summed E-state index contributed by atoms with van der Waals surface area (Å²) in [6.07, 6.45) is 3.22. The molecular formula is C10H15N3O2. The molecule has 0 fully saturated rings. The molecule has 1 heterocycles. The number of aromatic nitrogens is 2. The van der Waals surface area contributed by atoms with E-state index in [1.54, 1.807) is 18.5 Å². The minimum atomic E-state index is -0.349. The molecule has 1 N–H and O–H groups in total. The summed E-state index contributed by atoms with van der Waals surface area (Å²) in [6.45, 7) is 3.94. The maximum absolute atomic E-state index is 11.1. The van der Waals surface area contributed by atoms with Gasteiger partial charge in [0.25, 0.3) is 0 Å². The lowest BCUT2D eigenvalue weighted by atomic mass is 10.4. The van der Waals surface area contributed by atoms with Crippen LogP contribution in [0, 0.1) is 0 Å². The van der Waals surface area contributed by atoms with Crippen LogP contribution in [0.3, 0.4) is 0 Å². The summed E-state index contributed by atoms with van der Waals surface area (Å²) in [4.78, 5) is 11.1. The van der Waals surface area contributed by atoms with Crippen molar-refractivity contribution in [2.45, 2.75) is 13.8 Å². The number of aryl methyl sites for hydroxylation is 1. The highest BCUT2D eigenvalue weighted by molar-refractivity contribution is 5.83. The van der Waals surface area contributed by atoms with Crippen LogP contribution in [0.15, 0.2) is 24.0 Å². The summed E-state index contributed by atoms with van der Waals surface area (Å²) in [7, 11) is 1.83. The number of carbonyl (C=O) groups excluding carboxylic acids is 1. The Balaban J connectivity index is 2.55. The summed E-state index contributed by atoms with van der Waals surface area (Å²) < 4.78 is 6.46. The number of anilines is 1. The van der Waals surface area contributed by atoms with Gasteiger partial charge in [-0.3, -0.25) is 4.68 Å². The van der Waals surface area contributed by atoms with E-state index in [1.807, 2.05) is 19.3 Å². The molecule has 0 aromatic carbocycles. The second kappa shape index (κ2) is 5.19. The van der Waals surface area contributed by atoms with Gasteiger partial charge >= 0.3 is 5.97 Å². The van der Waals surface area contributed by atoms with Crippen molar-refractivity contribution < 1.29 is 9.53 Å². The molecule has 5 heteroatoms. The van der Waals surface area contributed by atoms with E-state index >= 15 is 0 Å². The normalized spacial score (nSPS) is 11.3. The highest BCUT2D eigenvalue weighted by atomic mass is 16.5. The maximum Gasteiger partial charge on any atom is 0.332 e. The predicted molar refractivity (Wildman–Crippen MR) is 57.2 cm³/mol. The fraction of sp³-hybridized carbons (Fsp3) is 0.400. The molecule has 1 aromatic rings. The fourth-order valence-electron chi connectivity index (χ4n) is 1.08. The Labute approximate surface area is 88.7 Å². The first-order valence-corrected chi connectivity index (χ1v) is 4.73. The zero-order valence-corrected chi connectivity index (χ0v) is 9.15. The second-order valence-corrected chi connectivity index (χ2v) is 3.08. The quantitative estimate of drug-likeness (QED) is 0.600. The van der Waals surface area contributed by atoms with Gasteiger partial charge in [-0.1, -0.05) is 0 Å². The number of allylic oxidation sites excluding steroid dienone is 1. The molecule has 0 bridgehead atoms. The number of hydrogen-bond donors (Lipinski definition) is 1. The van der Waals surface area contributed by atoms with Gasteiger partial charge in [0.15, 0.2) is 5.82 Å². The first kappa shape index (κ1) is 11.3. The van der Waals surface area contributed by atoms with E-state index in [0.29, 0.717) is 18.1 Å². The van der Waals surface area contributed by atoms with Gasteiger partial charge in [-0.25, -0.2) is 4.79 Å². The number of rotatable bonds is 4. The van der Waals surface area contributed by atoms with E-state index in [2.05, 4.69) is 10.4 Å². The van der Waals surface area contributed by atoms with E-state index in [9.17, 15) is 4.79 Å². The molecule has 0 radical (unpaired) electrons. The first-order valence-electron chi connectivity index (χ1n) is 4.73. The highest BCUT2D eigenvalue weighted by Gasteiger charge is 2.00. The SMILES string of the molecule is CCOC(=O)C=C(C)Nc1ccn(C)n1. The molecule has 0 saturated carbocycles. The number of ether oxygens (including phenoxy) is 1. The Morgan fingerprint density at radius 3 is 3.00 bits per heavy atom. The Hall–Kier alpha value is -1.78. The van der Waals surface area contributed by atoms with Crippen molar-refractivity contribution in [3.05, 3.63) is 24.0 Å². The smallest absolute Gasteiger partial charge is 0.332 e. The summed E-state index contributed by atoms with van der Waals surface area (Å²) in [5.41, 5.74) is 0.701. The third-order valence-electron chi connectivity index (χ3n) is 1.66. The lowest BCUT2D eigenvalue weighted by molar-refractivity contribution is -0.137. The fourth-order valence-corrected chi connectivity index (χ4v) is 1.08. The van der Waals surface area contributed by atoms with Gasteiger partial charge in [0.1, 0.15) is 0 Å². The summed E-state index contributed by atoms with van der Waals surface area (Å²) in [5.74, 6) is 0.356. The molecule has 0 atom stereocenters. The van der Waals surface area contributed by atoms with Crippen LogP contribution in [0.2, 0.25) is 0 Å². The van der Waals surface area contributed by atoms with Gasteiger partial charge in [-0.2, -0.15) is 5.10 Å². The molecule has 15 heavy (non-hydrogen) atoms. The molecule has 0 unspecified atom stereocenters. The van der Waals surface area contributed by atoms with Crippen LogP contribution in [0.1, 0.15) is 13.8 Å². The minimum Gasteiger partial charge on any atom is -0.463 e. The van der Waals surface area contributed by atoms with Crippen LogP contribution in [-0.2, 0) is 16.6 Å². The Morgan fingerprint density at radius 1 is 1.73 bits per heavy atom. The summed E-state index contributed by atoms with van der Waals surface area (Å²) in [6, 6.07) is 1.82. The Kier molecular flexibility index (Phi) is 3.91. The average Bonchev–Trinajstić information content (AvgIpc) is 2.51. The largest absolute Gasteiger partial charge is 0.463 e. The molecule has 82 valence electrons. The second-order valence-electron chi connectivity index (χ2n) is 3.08. The minimum absolute atomic E-state index is 0.349. The molecule has 1 rings (SSSR count). The van der Waals surface area contributed by atoms with E-state index in [-0.39, 0.29) is 5.97 Å². The Morgan fingerprint density at radius 2 is 2.47 bits per heavy atom. The average molecular weight is 209 g/mol. The molecule has 0 spiro atoms. The molecule has 1 aromatic heterocycles. The van der Waals surface area contributed by atoms with Crippen molar-refractivity contribution >= 4 is 11.8 Å². The van der Waals surface area contributed by atoms with E-state index < -0.39 is 0 Å². The number of nitrogens with one attached hydrogen (secondary N) is 1. The first-order chi connectivity index (χ1) is 7.11. The van der Waals surface area contributed by atoms with Gasteiger partial charge in [0, 0.05) is 31.1 Å². The number of esters is 1.